The van der Waals surface area contributed by atoms with E-state index in [1.165, 1.54) is 0 Å². The predicted molar refractivity (Wildman–Crippen MR) is 102 cm³/mol. The average molecular weight is 436 g/mol. The van der Waals surface area contributed by atoms with Crippen LogP contribution in [-0.4, -0.2) is 37.4 Å². The highest BCUT2D eigenvalue weighted by Gasteiger charge is 2.33. The molecule has 0 aromatic carbocycles. The van der Waals surface area contributed by atoms with Gasteiger partial charge in [0.05, 0.1) is 25.5 Å². The number of nitrogens with one attached hydrogen (secondary N) is 2. The van der Waals surface area contributed by atoms with Gasteiger partial charge in [0.25, 0.3) is 0 Å². The van der Waals surface area contributed by atoms with E-state index in [0.29, 0.717) is 6.54 Å². The lowest BCUT2D eigenvalue weighted by molar-refractivity contribution is -0.0971. The highest BCUT2D eigenvalue weighted by Crippen LogP contribution is 2.25. The molecule has 0 aliphatic carbocycles. The fraction of sp³-hybridized carbons (Fsp3) is 0.750. The van der Waals surface area contributed by atoms with Gasteiger partial charge in [0.15, 0.2) is 5.96 Å². The highest BCUT2D eigenvalue weighted by atomic mass is 127. The van der Waals surface area contributed by atoms with Crippen LogP contribution in [0.3, 0.4) is 0 Å². The van der Waals surface area contributed by atoms with Crippen LogP contribution < -0.4 is 10.6 Å². The number of nitrogens with zero attached hydrogens (tertiary/aromatic N) is 2. The van der Waals surface area contributed by atoms with Gasteiger partial charge in [-0.05, 0) is 13.3 Å². The van der Waals surface area contributed by atoms with Crippen molar-refractivity contribution in [3.8, 4) is 0 Å². The van der Waals surface area contributed by atoms with Crippen molar-refractivity contribution >= 4 is 29.9 Å². The molecular formula is C16H29IN4O2. The van der Waals surface area contributed by atoms with Crippen LogP contribution in [0.15, 0.2) is 9.52 Å². The van der Waals surface area contributed by atoms with E-state index in [1.807, 2.05) is 0 Å². The van der Waals surface area contributed by atoms with Crippen LogP contribution in [0.5, 0.6) is 0 Å². The van der Waals surface area contributed by atoms with Crippen LogP contribution in [-0.2, 0) is 24.1 Å². The zero-order chi connectivity index (χ0) is 16.0. The van der Waals surface area contributed by atoms with Crippen LogP contribution in [0.4, 0.5) is 0 Å². The number of aryl methyl sites for hydroxylation is 2. The van der Waals surface area contributed by atoms with Gasteiger partial charge >= 0.3 is 0 Å². The molecule has 0 unspecified atom stereocenters. The summed E-state index contributed by atoms with van der Waals surface area (Å²) < 4.78 is 10.7. The van der Waals surface area contributed by atoms with Gasteiger partial charge in [-0.1, -0.05) is 25.9 Å². The number of ether oxygens (including phenoxy) is 1. The fourth-order valence-corrected chi connectivity index (χ4v) is 2.47. The summed E-state index contributed by atoms with van der Waals surface area (Å²) in [7, 11) is 0. The fourth-order valence-electron chi connectivity index (χ4n) is 2.47. The van der Waals surface area contributed by atoms with E-state index < -0.39 is 0 Å². The lowest BCUT2D eigenvalue weighted by atomic mass is 9.89. The minimum atomic E-state index is 0. The van der Waals surface area contributed by atoms with E-state index in [-0.39, 0.29) is 29.4 Å². The molecule has 23 heavy (non-hydrogen) atoms. The molecule has 7 heteroatoms. The quantitative estimate of drug-likeness (QED) is 0.391. The number of hydrogen-bond acceptors (Lipinski definition) is 4. The molecule has 1 aliphatic rings. The number of aromatic nitrogens is 1. The van der Waals surface area contributed by atoms with Gasteiger partial charge < -0.3 is 19.9 Å². The van der Waals surface area contributed by atoms with E-state index in [1.54, 1.807) is 0 Å². The predicted octanol–water partition coefficient (Wildman–Crippen LogP) is 2.51. The molecule has 0 atom stereocenters. The molecular weight excluding hydrogens is 407 g/mol. The number of guanidine groups is 1. The van der Waals surface area contributed by atoms with E-state index in [9.17, 15) is 0 Å². The monoisotopic (exact) mass is 436 g/mol. The maximum absolute atomic E-state index is 5.39. The van der Waals surface area contributed by atoms with Crippen molar-refractivity contribution in [1.29, 1.82) is 0 Å². The van der Waals surface area contributed by atoms with Crippen LogP contribution in [0.25, 0.3) is 0 Å². The SMILES string of the molecule is CCNC(=NCc1c(CC)noc1CC)NCC1(C)COC1.I. The summed E-state index contributed by atoms with van der Waals surface area (Å²) in [6, 6.07) is 0. The Kier molecular flexibility index (Phi) is 8.32. The first-order valence-corrected chi connectivity index (χ1v) is 8.18. The van der Waals surface area contributed by atoms with Crippen molar-refractivity contribution in [1.82, 2.24) is 15.8 Å². The summed E-state index contributed by atoms with van der Waals surface area (Å²) in [5, 5.41) is 10.8. The molecule has 2 heterocycles. The Hall–Kier alpha value is -0.830. The maximum Gasteiger partial charge on any atom is 0.191 e. The minimum absolute atomic E-state index is 0. The summed E-state index contributed by atoms with van der Waals surface area (Å²) in [4.78, 5) is 4.69. The Morgan fingerprint density at radius 3 is 2.48 bits per heavy atom. The lowest BCUT2D eigenvalue weighted by Crippen LogP contribution is -2.51. The zero-order valence-corrected chi connectivity index (χ0v) is 16.9. The lowest BCUT2D eigenvalue weighted by Gasteiger charge is -2.38. The molecule has 6 nitrogen and oxygen atoms in total. The van der Waals surface area contributed by atoms with Gasteiger partial charge in [0, 0.05) is 30.5 Å². The second-order valence-electron chi connectivity index (χ2n) is 6.09. The molecule has 1 fully saturated rings. The number of halogens is 1. The molecule has 2 rings (SSSR count). The topological polar surface area (TPSA) is 71.7 Å². The first-order chi connectivity index (χ1) is 10.6. The normalized spacial score (nSPS) is 16.4. The highest BCUT2D eigenvalue weighted by molar-refractivity contribution is 14.0. The molecule has 0 bridgehead atoms. The molecule has 0 saturated carbocycles. The van der Waals surface area contributed by atoms with E-state index in [4.69, 9.17) is 9.26 Å². The third-order valence-corrected chi connectivity index (χ3v) is 3.93. The van der Waals surface area contributed by atoms with Crippen molar-refractivity contribution in [2.24, 2.45) is 10.4 Å². The second-order valence-corrected chi connectivity index (χ2v) is 6.09. The van der Waals surface area contributed by atoms with Crippen molar-refractivity contribution in [2.45, 2.75) is 47.1 Å². The van der Waals surface area contributed by atoms with Gasteiger partial charge in [0.1, 0.15) is 5.76 Å². The number of rotatable bonds is 7. The molecule has 0 amide bonds. The van der Waals surface area contributed by atoms with Crippen molar-refractivity contribution in [3.05, 3.63) is 17.0 Å². The summed E-state index contributed by atoms with van der Waals surface area (Å²) in [5.41, 5.74) is 2.35. The maximum atomic E-state index is 5.39. The van der Waals surface area contributed by atoms with E-state index in [0.717, 1.165) is 62.1 Å². The van der Waals surface area contributed by atoms with Crippen LogP contribution in [0.2, 0.25) is 0 Å². The first-order valence-electron chi connectivity index (χ1n) is 8.18. The molecule has 1 aromatic heterocycles. The van der Waals surface area contributed by atoms with Gasteiger partial charge in [0.2, 0.25) is 0 Å². The standard InChI is InChI=1S/C16H28N4O2.HI/c1-5-13-12(14(6-2)22-20-13)8-18-15(17-7-3)19-9-16(4)10-21-11-16;/h5-11H2,1-4H3,(H2,17,18,19);1H. The number of aliphatic imine (C=N–C) groups is 1. The van der Waals surface area contributed by atoms with E-state index in [2.05, 4.69) is 48.5 Å². The largest absolute Gasteiger partial charge is 0.380 e. The smallest absolute Gasteiger partial charge is 0.191 e. The summed E-state index contributed by atoms with van der Waals surface area (Å²) in [5.74, 6) is 1.77. The summed E-state index contributed by atoms with van der Waals surface area (Å²) >= 11 is 0. The van der Waals surface area contributed by atoms with Gasteiger partial charge in [-0.2, -0.15) is 0 Å². The van der Waals surface area contributed by atoms with Crippen LogP contribution >= 0.6 is 24.0 Å². The Balaban J connectivity index is 0.00000264. The molecule has 2 N–H and O–H groups in total. The Morgan fingerprint density at radius 1 is 1.22 bits per heavy atom. The Bertz CT molecular complexity index is 491. The molecule has 0 radical (unpaired) electrons. The van der Waals surface area contributed by atoms with Gasteiger partial charge in [-0.15, -0.1) is 24.0 Å². The molecule has 1 aliphatic heterocycles. The van der Waals surface area contributed by atoms with Crippen LogP contribution in [0, 0.1) is 5.41 Å². The average Bonchev–Trinajstić information content (AvgIpc) is 2.90. The third-order valence-electron chi connectivity index (χ3n) is 3.93. The van der Waals surface area contributed by atoms with Crippen molar-refractivity contribution in [2.75, 3.05) is 26.3 Å². The summed E-state index contributed by atoms with van der Waals surface area (Å²) in [6.45, 7) is 12.4. The molecule has 1 aromatic rings. The molecule has 0 spiro atoms. The van der Waals surface area contributed by atoms with E-state index >= 15 is 0 Å². The Morgan fingerprint density at radius 2 is 1.96 bits per heavy atom. The number of hydrogen-bond donors (Lipinski definition) is 2. The van der Waals surface area contributed by atoms with Crippen LogP contribution in [0.1, 0.15) is 44.7 Å². The first kappa shape index (κ1) is 20.2. The van der Waals surface area contributed by atoms with Crippen molar-refractivity contribution in [3.63, 3.8) is 0 Å². The third kappa shape index (κ3) is 5.34. The second kappa shape index (κ2) is 9.46. The van der Waals surface area contributed by atoms with Gasteiger partial charge in [-0.25, -0.2) is 4.99 Å². The van der Waals surface area contributed by atoms with Gasteiger partial charge in [-0.3, -0.25) is 0 Å². The molecule has 1 saturated heterocycles. The summed E-state index contributed by atoms with van der Waals surface area (Å²) in [6.07, 6.45) is 1.71. The van der Waals surface area contributed by atoms with Crippen molar-refractivity contribution < 1.29 is 9.26 Å². The Labute approximate surface area is 155 Å². The molecule has 132 valence electrons. The minimum Gasteiger partial charge on any atom is -0.380 e. The zero-order valence-electron chi connectivity index (χ0n) is 14.6.